The summed E-state index contributed by atoms with van der Waals surface area (Å²) in [6, 6.07) is 0.475. The lowest BCUT2D eigenvalue weighted by Gasteiger charge is -2.21. The van der Waals surface area contributed by atoms with Crippen molar-refractivity contribution in [3.8, 4) is 0 Å². The van der Waals surface area contributed by atoms with E-state index in [1.807, 2.05) is 13.8 Å². The van der Waals surface area contributed by atoms with Gasteiger partial charge in [0.2, 0.25) is 5.91 Å². The number of halogens is 1. The molecule has 2 aliphatic rings. The maximum Gasteiger partial charge on any atom is 0.222 e. The molecule has 1 amide bonds. The summed E-state index contributed by atoms with van der Waals surface area (Å²) in [6.45, 7) is 8.69. The third-order valence-corrected chi connectivity index (χ3v) is 5.07. The van der Waals surface area contributed by atoms with Crippen molar-refractivity contribution in [3.05, 3.63) is 0 Å². The largest absolute Gasteiger partial charge is 0.355 e. The fraction of sp³-hybridized carbons (Fsp3) is 0.889. The zero-order chi connectivity index (χ0) is 17.4. The molecule has 146 valence electrons. The van der Waals surface area contributed by atoms with Gasteiger partial charge in [-0.05, 0) is 25.2 Å². The monoisotopic (exact) mass is 465 g/mol. The Hall–Kier alpha value is -0.570. The summed E-state index contributed by atoms with van der Waals surface area (Å²) in [5.74, 6) is 1.89. The molecular weight excluding hydrogens is 429 g/mol. The average Bonchev–Trinajstić information content (AvgIpc) is 3.22. The molecule has 1 saturated heterocycles. The number of guanidine groups is 1. The van der Waals surface area contributed by atoms with Crippen molar-refractivity contribution in [2.24, 2.45) is 16.8 Å². The van der Waals surface area contributed by atoms with Gasteiger partial charge in [-0.15, -0.1) is 24.0 Å². The van der Waals surface area contributed by atoms with Crippen LogP contribution in [0.5, 0.6) is 0 Å². The Morgan fingerprint density at radius 3 is 2.48 bits per heavy atom. The molecule has 1 atom stereocenters. The maximum absolute atomic E-state index is 11.5. The van der Waals surface area contributed by atoms with Gasteiger partial charge in [-0.25, -0.2) is 0 Å². The molecule has 0 bridgehead atoms. The first-order valence-electron chi connectivity index (χ1n) is 9.55. The zero-order valence-corrected chi connectivity index (χ0v) is 18.3. The Balaban J connectivity index is 0.00000312. The van der Waals surface area contributed by atoms with Gasteiger partial charge in [-0.3, -0.25) is 9.79 Å². The summed E-state index contributed by atoms with van der Waals surface area (Å²) in [5.41, 5.74) is 0. The third-order valence-electron chi connectivity index (χ3n) is 5.07. The van der Waals surface area contributed by atoms with Gasteiger partial charge in [0.25, 0.3) is 0 Å². The van der Waals surface area contributed by atoms with Crippen molar-refractivity contribution in [2.75, 3.05) is 39.8 Å². The number of hydrogen-bond donors (Lipinski definition) is 3. The van der Waals surface area contributed by atoms with Crippen LogP contribution >= 0.6 is 24.0 Å². The van der Waals surface area contributed by atoms with E-state index >= 15 is 0 Å². The number of hydrogen-bond acceptors (Lipinski definition) is 3. The van der Waals surface area contributed by atoms with E-state index in [1.54, 1.807) is 7.05 Å². The van der Waals surface area contributed by atoms with Crippen LogP contribution in [0, 0.1) is 11.8 Å². The first kappa shape index (κ1) is 22.5. The van der Waals surface area contributed by atoms with E-state index < -0.39 is 0 Å². The highest BCUT2D eigenvalue weighted by Crippen LogP contribution is 2.26. The lowest BCUT2D eigenvalue weighted by molar-refractivity contribution is -0.123. The lowest BCUT2D eigenvalue weighted by atomic mass is 10.1. The van der Waals surface area contributed by atoms with Gasteiger partial charge >= 0.3 is 0 Å². The van der Waals surface area contributed by atoms with E-state index in [0.717, 1.165) is 18.4 Å². The van der Waals surface area contributed by atoms with Crippen LogP contribution in [0.2, 0.25) is 0 Å². The summed E-state index contributed by atoms with van der Waals surface area (Å²) < 4.78 is 0. The van der Waals surface area contributed by atoms with Crippen LogP contribution in [0.15, 0.2) is 4.99 Å². The second-order valence-corrected chi connectivity index (χ2v) is 7.48. The van der Waals surface area contributed by atoms with Gasteiger partial charge in [0.05, 0.1) is 0 Å². The van der Waals surface area contributed by atoms with Crippen molar-refractivity contribution in [1.82, 2.24) is 20.9 Å². The standard InChI is InChI=1S/C18H35N5O.HI/c1-14(2)17(24)20-9-10-21-18(19-3)22-16-8-11-23(13-16)12-15-6-4-5-7-15;/h14-16H,4-13H2,1-3H3,(H,20,24)(H2,19,21,22);1H. The van der Waals surface area contributed by atoms with Crippen molar-refractivity contribution in [2.45, 2.75) is 52.0 Å². The molecule has 1 heterocycles. The van der Waals surface area contributed by atoms with E-state index in [-0.39, 0.29) is 35.8 Å². The summed E-state index contributed by atoms with van der Waals surface area (Å²) >= 11 is 0. The molecule has 25 heavy (non-hydrogen) atoms. The number of likely N-dealkylation sites (tertiary alicyclic amines) is 1. The van der Waals surface area contributed by atoms with Crippen LogP contribution in [0.25, 0.3) is 0 Å². The van der Waals surface area contributed by atoms with E-state index in [4.69, 9.17) is 0 Å². The summed E-state index contributed by atoms with van der Waals surface area (Å²) in [6.07, 6.45) is 6.85. The molecule has 1 saturated carbocycles. The molecule has 2 rings (SSSR count). The molecule has 1 aliphatic heterocycles. The predicted octanol–water partition coefficient (Wildman–Crippen LogP) is 1.81. The van der Waals surface area contributed by atoms with Crippen LogP contribution in [0.3, 0.4) is 0 Å². The van der Waals surface area contributed by atoms with Gasteiger partial charge in [0.15, 0.2) is 5.96 Å². The third kappa shape index (κ3) is 8.11. The average molecular weight is 465 g/mol. The van der Waals surface area contributed by atoms with Crippen LogP contribution in [-0.2, 0) is 4.79 Å². The van der Waals surface area contributed by atoms with E-state index in [2.05, 4.69) is 25.8 Å². The van der Waals surface area contributed by atoms with E-state index in [0.29, 0.717) is 19.1 Å². The number of rotatable bonds is 7. The smallest absolute Gasteiger partial charge is 0.222 e. The van der Waals surface area contributed by atoms with Gasteiger partial charge < -0.3 is 20.9 Å². The second-order valence-electron chi connectivity index (χ2n) is 7.48. The van der Waals surface area contributed by atoms with Crippen LogP contribution in [0.1, 0.15) is 46.0 Å². The highest BCUT2D eigenvalue weighted by molar-refractivity contribution is 14.0. The summed E-state index contributed by atoms with van der Waals surface area (Å²) in [5, 5.41) is 9.71. The highest BCUT2D eigenvalue weighted by atomic mass is 127. The molecule has 0 aromatic rings. The number of nitrogens with one attached hydrogen (secondary N) is 3. The lowest BCUT2D eigenvalue weighted by Crippen LogP contribution is -2.46. The van der Waals surface area contributed by atoms with Crippen molar-refractivity contribution in [3.63, 3.8) is 0 Å². The molecule has 1 aliphatic carbocycles. The quantitative estimate of drug-likeness (QED) is 0.232. The van der Waals surface area contributed by atoms with Gasteiger partial charge in [0.1, 0.15) is 0 Å². The minimum atomic E-state index is 0. The Bertz CT molecular complexity index is 424. The molecule has 0 radical (unpaired) electrons. The van der Waals surface area contributed by atoms with Crippen molar-refractivity contribution in [1.29, 1.82) is 0 Å². The van der Waals surface area contributed by atoms with Crippen molar-refractivity contribution >= 4 is 35.8 Å². The molecule has 3 N–H and O–H groups in total. The second kappa shape index (κ2) is 11.9. The SMILES string of the molecule is CN=C(NCCNC(=O)C(C)C)NC1CCN(CC2CCCC2)C1.I. The predicted molar refractivity (Wildman–Crippen MR) is 115 cm³/mol. The Morgan fingerprint density at radius 1 is 1.16 bits per heavy atom. The summed E-state index contributed by atoms with van der Waals surface area (Å²) in [7, 11) is 1.80. The topological polar surface area (TPSA) is 68.8 Å². The van der Waals surface area contributed by atoms with Crippen LogP contribution in [0.4, 0.5) is 0 Å². The van der Waals surface area contributed by atoms with E-state index in [1.165, 1.54) is 45.2 Å². The molecule has 2 fully saturated rings. The zero-order valence-electron chi connectivity index (χ0n) is 16.0. The Morgan fingerprint density at radius 2 is 1.84 bits per heavy atom. The normalized spacial score (nSPS) is 22.1. The molecule has 0 aromatic heterocycles. The molecule has 6 nitrogen and oxygen atoms in total. The van der Waals surface area contributed by atoms with Crippen LogP contribution in [-0.4, -0.2) is 62.6 Å². The maximum atomic E-state index is 11.5. The fourth-order valence-corrected chi connectivity index (χ4v) is 3.63. The highest BCUT2D eigenvalue weighted by Gasteiger charge is 2.26. The molecular formula is C18H36IN5O. The number of carbonyl (C=O) groups is 1. The minimum absolute atomic E-state index is 0. The van der Waals surface area contributed by atoms with Gasteiger partial charge in [-0.2, -0.15) is 0 Å². The van der Waals surface area contributed by atoms with Crippen LogP contribution < -0.4 is 16.0 Å². The van der Waals surface area contributed by atoms with Gasteiger partial charge in [0, 0.05) is 51.7 Å². The fourth-order valence-electron chi connectivity index (χ4n) is 3.63. The Kier molecular flexibility index (Phi) is 10.7. The first-order chi connectivity index (χ1) is 11.6. The molecule has 0 spiro atoms. The van der Waals surface area contributed by atoms with Crippen molar-refractivity contribution < 1.29 is 4.79 Å². The number of carbonyl (C=O) groups excluding carboxylic acids is 1. The van der Waals surface area contributed by atoms with Gasteiger partial charge in [-0.1, -0.05) is 26.7 Å². The minimum Gasteiger partial charge on any atom is -0.355 e. The number of nitrogens with zero attached hydrogens (tertiary/aromatic N) is 2. The molecule has 0 aromatic carbocycles. The van der Waals surface area contributed by atoms with E-state index in [9.17, 15) is 4.79 Å². The number of aliphatic imine (C=N–C) groups is 1. The summed E-state index contributed by atoms with van der Waals surface area (Å²) in [4.78, 5) is 18.4. The number of amides is 1. The molecule has 1 unspecified atom stereocenters. The first-order valence-corrected chi connectivity index (χ1v) is 9.55. The Labute approximate surface area is 170 Å². The molecule has 7 heteroatoms.